The molecule has 0 fully saturated rings. The zero-order chi connectivity index (χ0) is 9.14. The molecule has 0 bridgehead atoms. The molecular formula is C7H6N2O3. The van der Waals surface area contributed by atoms with E-state index in [0.29, 0.717) is 0 Å². The molecular weight excluding hydrogens is 160 g/mol. The van der Waals surface area contributed by atoms with Gasteiger partial charge in [-0.15, -0.1) is 5.11 Å². The van der Waals surface area contributed by atoms with Crippen molar-refractivity contribution in [2.45, 2.75) is 0 Å². The number of amides is 1. The zero-order valence-electron chi connectivity index (χ0n) is 5.98. The van der Waals surface area contributed by atoms with Gasteiger partial charge in [-0.2, -0.15) is 0 Å². The van der Waals surface area contributed by atoms with Crippen molar-refractivity contribution in [3.63, 3.8) is 0 Å². The van der Waals surface area contributed by atoms with Crippen molar-refractivity contribution in [2.75, 3.05) is 0 Å². The summed E-state index contributed by atoms with van der Waals surface area (Å²) in [7, 11) is 0. The lowest BCUT2D eigenvalue weighted by atomic mass is 10.2. The number of nitrogens with zero attached hydrogens (tertiary/aromatic N) is 1. The monoisotopic (exact) mass is 166 g/mol. The Balaban J connectivity index is 3.22. The van der Waals surface area contributed by atoms with Crippen LogP contribution in [0.5, 0.6) is 11.5 Å². The number of carbonyl (C=O) groups excluding carboxylic acids is 1. The van der Waals surface area contributed by atoms with Crippen LogP contribution in [0.4, 0.5) is 0 Å². The number of nitrogens with one attached hydrogen (secondary N) is 1. The summed E-state index contributed by atoms with van der Waals surface area (Å²) in [5, 5.41) is 20.6. The second-order valence-corrected chi connectivity index (χ2v) is 2.12. The van der Waals surface area contributed by atoms with Gasteiger partial charge in [-0.05, 0) is 18.2 Å². The molecule has 0 aliphatic heterocycles. The minimum atomic E-state index is -0.886. The van der Waals surface area contributed by atoms with Crippen LogP contribution in [0.3, 0.4) is 0 Å². The fourth-order valence-corrected chi connectivity index (χ4v) is 0.756. The lowest BCUT2D eigenvalue weighted by Crippen LogP contribution is -1.93. The van der Waals surface area contributed by atoms with Crippen LogP contribution in [0.15, 0.2) is 23.3 Å². The molecule has 1 aromatic rings. The number of rotatable bonds is 1. The summed E-state index contributed by atoms with van der Waals surface area (Å²) < 4.78 is 0. The van der Waals surface area contributed by atoms with Crippen LogP contribution in [0.1, 0.15) is 10.4 Å². The summed E-state index contributed by atoms with van der Waals surface area (Å²) in [5.41, 5.74) is 6.22. The van der Waals surface area contributed by atoms with Crippen molar-refractivity contribution in [1.82, 2.24) is 0 Å². The number of hydrogen-bond acceptors (Lipinski definition) is 4. The summed E-state index contributed by atoms with van der Waals surface area (Å²) in [6, 6.07) is 3.44. The number of benzene rings is 1. The third-order valence-corrected chi connectivity index (χ3v) is 1.31. The topological polar surface area (TPSA) is 93.7 Å². The Bertz CT molecular complexity index is 335. The minimum absolute atomic E-state index is 0.153. The maximum atomic E-state index is 10.8. The highest BCUT2D eigenvalue weighted by molar-refractivity contribution is 5.97. The van der Waals surface area contributed by atoms with Gasteiger partial charge in [0.25, 0.3) is 5.91 Å². The maximum Gasteiger partial charge on any atom is 0.298 e. The highest BCUT2D eigenvalue weighted by atomic mass is 16.3. The first-order valence-corrected chi connectivity index (χ1v) is 3.09. The van der Waals surface area contributed by atoms with Gasteiger partial charge < -0.3 is 10.2 Å². The van der Waals surface area contributed by atoms with Crippen molar-refractivity contribution in [3.05, 3.63) is 23.8 Å². The number of hydrogen-bond donors (Lipinski definition) is 3. The Labute approximate surface area is 67.8 Å². The average molecular weight is 166 g/mol. The Morgan fingerprint density at radius 3 is 2.67 bits per heavy atom. The standard InChI is InChI=1S/C7H6N2O3/c8-9-7(12)5-3-4(10)1-2-6(5)11/h1-3,8,10-11H. The largest absolute Gasteiger partial charge is 0.508 e. The molecule has 62 valence electrons. The molecule has 5 nitrogen and oxygen atoms in total. The molecule has 0 radical (unpaired) electrons. The summed E-state index contributed by atoms with van der Waals surface area (Å²) in [6.45, 7) is 0. The fraction of sp³-hybridized carbons (Fsp3) is 0. The van der Waals surface area contributed by atoms with Gasteiger partial charge in [-0.25, -0.2) is 5.53 Å². The third-order valence-electron chi connectivity index (χ3n) is 1.31. The quantitative estimate of drug-likeness (QED) is 0.433. The summed E-state index contributed by atoms with van der Waals surface area (Å²) in [5.74, 6) is -1.34. The first kappa shape index (κ1) is 8.19. The molecule has 0 unspecified atom stereocenters. The van der Waals surface area contributed by atoms with Gasteiger partial charge in [0.15, 0.2) is 0 Å². The molecule has 0 saturated carbocycles. The van der Waals surface area contributed by atoms with Crippen LogP contribution >= 0.6 is 0 Å². The molecule has 5 heteroatoms. The van der Waals surface area contributed by atoms with Crippen LogP contribution in [0.25, 0.3) is 0 Å². The van der Waals surface area contributed by atoms with Gasteiger partial charge in [0, 0.05) is 0 Å². The molecule has 3 N–H and O–H groups in total. The maximum absolute atomic E-state index is 10.8. The van der Waals surface area contributed by atoms with Crippen LogP contribution in [0, 0.1) is 5.53 Å². The van der Waals surface area contributed by atoms with Crippen LogP contribution in [-0.4, -0.2) is 16.1 Å². The lowest BCUT2D eigenvalue weighted by molar-refractivity contribution is 0.0988. The van der Waals surface area contributed by atoms with Gasteiger partial charge in [-0.1, -0.05) is 0 Å². The SMILES string of the molecule is N=NC(=O)c1cc(O)ccc1O. The van der Waals surface area contributed by atoms with Gasteiger partial charge in [0.1, 0.15) is 11.5 Å². The molecule has 1 rings (SSSR count). The number of carbonyl (C=O) groups is 1. The molecule has 0 aliphatic rings. The zero-order valence-corrected chi connectivity index (χ0v) is 5.98. The van der Waals surface area contributed by atoms with Crippen molar-refractivity contribution in [1.29, 1.82) is 5.53 Å². The lowest BCUT2D eigenvalue weighted by Gasteiger charge is -1.98. The summed E-state index contributed by atoms with van der Waals surface area (Å²) in [4.78, 5) is 10.8. The molecule has 0 aromatic heterocycles. The summed E-state index contributed by atoms with van der Waals surface area (Å²) in [6.07, 6.45) is 0. The van der Waals surface area contributed by atoms with Gasteiger partial charge >= 0.3 is 0 Å². The first-order chi connectivity index (χ1) is 5.65. The van der Waals surface area contributed by atoms with E-state index in [4.69, 9.17) is 15.7 Å². The molecule has 0 spiro atoms. The Hall–Kier alpha value is -1.91. The van der Waals surface area contributed by atoms with E-state index in [0.717, 1.165) is 12.1 Å². The van der Waals surface area contributed by atoms with Gasteiger partial charge in [0.05, 0.1) is 5.56 Å². The highest BCUT2D eigenvalue weighted by Gasteiger charge is 2.10. The van der Waals surface area contributed by atoms with Crippen molar-refractivity contribution < 1.29 is 15.0 Å². The number of phenolic OH excluding ortho intramolecular Hbond substituents is 2. The second kappa shape index (κ2) is 3.00. The smallest absolute Gasteiger partial charge is 0.298 e. The van der Waals surface area contributed by atoms with E-state index in [-0.39, 0.29) is 17.1 Å². The normalized spacial score (nSPS) is 9.33. The van der Waals surface area contributed by atoms with Gasteiger partial charge in [0.2, 0.25) is 0 Å². The molecule has 0 atom stereocenters. The first-order valence-electron chi connectivity index (χ1n) is 3.09. The van der Waals surface area contributed by atoms with E-state index in [1.807, 2.05) is 0 Å². The number of phenols is 2. The van der Waals surface area contributed by atoms with E-state index < -0.39 is 5.91 Å². The molecule has 1 amide bonds. The second-order valence-electron chi connectivity index (χ2n) is 2.12. The van der Waals surface area contributed by atoms with Crippen LogP contribution < -0.4 is 0 Å². The molecule has 0 aliphatic carbocycles. The van der Waals surface area contributed by atoms with Gasteiger partial charge in [-0.3, -0.25) is 4.79 Å². The van der Waals surface area contributed by atoms with E-state index in [1.165, 1.54) is 6.07 Å². The predicted molar refractivity (Wildman–Crippen MR) is 39.2 cm³/mol. The molecule has 12 heavy (non-hydrogen) atoms. The van der Waals surface area contributed by atoms with Crippen molar-refractivity contribution >= 4 is 5.91 Å². The van der Waals surface area contributed by atoms with E-state index >= 15 is 0 Å². The van der Waals surface area contributed by atoms with E-state index in [9.17, 15) is 4.79 Å². The Kier molecular flexibility index (Phi) is 2.05. The average Bonchev–Trinajstić information content (AvgIpc) is 2.08. The Morgan fingerprint density at radius 1 is 1.42 bits per heavy atom. The van der Waals surface area contributed by atoms with Crippen LogP contribution in [0.2, 0.25) is 0 Å². The third kappa shape index (κ3) is 1.39. The minimum Gasteiger partial charge on any atom is -0.508 e. The molecule has 0 saturated heterocycles. The fourth-order valence-electron chi connectivity index (χ4n) is 0.756. The predicted octanol–water partition coefficient (Wildman–Crippen LogP) is 1.27. The van der Waals surface area contributed by atoms with Crippen LogP contribution in [-0.2, 0) is 0 Å². The van der Waals surface area contributed by atoms with E-state index in [2.05, 4.69) is 5.11 Å². The molecule has 0 heterocycles. The van der Waals surface area contributed by atoms with E-state index in [1.54, 1.807) is 0 Å². The highest BCUT2D eigenvalue weighted by Crippen LogP contribution is 2.22. The molecule has 1 aromatic carbocycles. The number of aromatic hydroxyl groups is 2. The Morgan fingerprint density at radius 2 is 2.08 bits per heavy atom. The van der Waals surface area contributed by atoms with Crippen molar-refractivity contribution in [2.24, 2.45) is 5.11 Å². The van der Waals surface area contributed by atoms with Crippen molar-refractivity contribution in [3.8, 4) is 11.5 Å². The summed E-state index contributed by atoms with van der Waals surface area (Å²) >= 11 is 0.